The third-order valence-electron chi connectivity index (χ3n) is 6.37. The number of anilines is 1. The van der Waals surface area contributed by atoms with Gasteiger partial charge < -0.3 is 20.6 Å². The number of rotatable bonds is 4. The first kappa shape index (κ1) is 23.7. The Bertz CT molecular complexity index is 1110. The van der Waals surface area contributed by atoms with Crippen LogP contribution in [-0.2, 0) is 21.4 Å². The van der Waals surface area contributed by atoms with Gasteiger partial charge in [-0.25, -0.2) is 0 Å². The van der Waals surface area contributed by atoms with Crippen LogP contribution in [0.2, 0.25) is 0 Å². The van der Waals surface area contributed by atoms with Crippen LogP contribution in [-0.4, -0.2) is 46.9 Å². The molecule has 180 valence electrons. The second-order valence-electron chi connectivity index (χ2n) is 8.59. The summed E-state index contributed by atoms with van der Waals surface area (Å²) in [6, 6.07) is 10.3. The average Bonchev–Trinajstić information content (AvgIpc) is 2.93. The first-order valence-corrected chi connectivity index (χ1v) is 11.0. The van der Waals surface area contributed by atoms with Crippen molar-refractivity contribution < 1.29 is 32.7 Å². The van der Waals surface area contributed by atoms with Crippen LogP contribution in [0.25, 0.3) is 0 Å². The lowest BCUT2D eigenvalue weighted by atomic mass is 9.83. The smallest absolute Gasteiger partial charge is 0.385 e. The Morgan fingerprint density at radius 1 is 1.09 bits per heavy atom. The summed E-state index contributed by atoms with van der Waals surface area (Å²) in [5.41, 5.74) is -1.37. The summed E-state index contributed by atoms with van der Waals surface area (Å²) in [5.74, 6) is -1.07. The molecule has 0 saturated carbocycles. The minimum atomic E-state index is -4.51. The van der Waals surface area contributed by atoms with Crippen LogP contribution in [0, 0.1) is 0 Å². The van der Waals surface area contributed by atoms with Crippen molar-refractivity contribution in [2.45, 2.75) is 43.5 Å². The Balaban J connectivity index is 1.34. The van der Waals surface area contributed by atoms with Gasteiger partial charge in [0.1, 0.15) is 6.04 Å². The van der Waals surface area contributed by atoms with E-state index < -0.39 is 35.2 Å². The molecule has 0 unspecified atom stereocenters. The van der Waals surface area contributed by atoms with E-state index in [1.165, 1.54) is 17.0 Å². The van der Waals surface area contributed by atoms with E-state index in [9.17, 15) is 32.7 Å². The van der Waals surface area contributed by atoms with Gasteiger partial charge in [0, 0.05) is 19.5 Å². The van der Waals surface area contributed by atoms with Crippen molar-refractivity contribution in [2.24, 2.45) is 0 Å². The number of nitrogens with zero attached hydrogens (tertiary/aromatic N) is 1. The number of piperidine rings is 1. The maximum absolute atomic E-state index is 13.0. The number of para-hydroxylation sites is 1. The lowest BCUT2D eigenvalue weighted by molar-refractivity contribution is -0.137. The Hall–Kier alpha value is -3.40. The molecule has 1 saturated heterocycles. The van der Waals surface area contributed by atoms with Crippen LogP contribution in [0.15, 0.2) is 48.5 Å². The summed E-state index contributed by atoms with van der Waals surface area (Å²) in [7, 11) is 0. The van der Waals surface area contributed by atoms with Gasteiger partial charge >= 0.3 is 6.18 Å². The van der Waals surface area contributed by atoms with Gasteiger partial charge in [0.25, 0.3) is 5.91 Å². The maximum Gasteiger partial charge on any atom is 0.416 e. The number of aliphatic hydroxyl groups is 1. The van der Waals surface area contributed by atoms with E-state index in [0.29, 0.717) is 11.3 Å². The fraction of sp³-hybridized carbons (Fsp3) is 0.375. The number of amides is 3. The van der Waals surface area contributed by atoms with E-state index >= 15 is 0 Å². The van der Waals surface area contributed by atoms with Gasteiger partial charge in [-0.2, -0.15) is 13.2 Å². The number of hydrogen-bond donors (Lipinski definition) is 3. The molecular formula is C24H24F3N3O4. The van der Waals surface area contributed by atoms with Gasteiger partial charge in [-0.3, -0.25) is 14.4 Å². The van der Waals surface area contributed by atoms with Crippen LogP contribution >= 0.6 is 0 Å². The highest BCUT2D eigenvalue weighted by Gasteiger charge is 2.38. The van der Waals surface area contributed by atoms with Crippen molar-refractivity contribution in [3.63, 3.8) is 0 Å². The van der Waals surface area contributed by atoms with Crippen LogP contribution in [0.5, 0.6) is 0 Å². The molecule has 3 N–H and O–H groups in total. The summed E-state index contributed by atoms with van der Waals surface area (Å²) < 4.78 is 39.1. The van der Waals surface area contributed by atoms with E-state index in [4.69, 9.17) is 0 Å². The zero-order chi connectivity index (χ0) is 24.5. The Labute approximate surface area is 193 Å². The average molecular weight is 475 g/mol. The zero-order valence-corrected chi connectivity index (χ0v) is 18.2. The van der Waals surface area contributed by atoms with Gasteiger partial charge in [-0.1, -0.05) is 24.3 Å². The predicted molar refractivity (Wildman–Crippen MR) is 117 cm³/mol. The molecule has 0 aliphatic carbocycles. The Morgan fingerprint density at radius 2 is 1.79 bits per heavy atom. The molecule has 10 heteroatoms. The minimum absolute atomic E-state index is 0.00327. The molecule has 3 amide bonds. The van der Waals surface area contributed by atoms with Crippen molar-refractivity contribution in [1.29, 1.82) is 0 Å². The molecule has 7 nitrogen and oxygen atoms in total. The van der Waals surface area contributed by atoms with Crippen LogP contribution in [0.1, 0.15) is 47.2 Å². The number of fused-ring (bicyclic) bond motifs is 1. The first-order valence-electron chi connectivity index (χ1n) is 11.0. The molecule has 1 atom stereocenters. The molecule has 0 radical (unpaired) electrons. The highest BCUT2D eigenvalue weighted by molar-refractivity contribution is 6.09. The number of likely N-dealkylation sites (tertiary alicyclic amines) is 1. The maximum atomic E-state index is 13.0. The largest absolute Gasteiger partial charge is 0.416 e. The molecule has 2 heterocycles. The highest BCUT2D eigenvalue weighted by atomic mass is 19.4. The molecular weight excluding hydrogens is 451 g/mol. The van der Waals surface area contributed by atoms with Gasteiger partial charge in [-0.05, 0) is 49.1 Å². The molecule has 4 rings (SSSR count). The van der Waals surface area contributed by atoms with Gasteiger partial charge in [0.05, 0.1) is 22.4 Å². The van der Waals surface area contributed by atoms with Crippen LogP contribution in [0.4, 0.5) is 18.9 Å². The minimum Gasteiger partial charge on any atom is -0.385 e. The number of carbonyl (C=O) groups is 3. The normalized spacial score (nSPS) is 20.1. The van der Waals surface area contributed by atoms with Crippen molar-refractivity contribution >= 4 is 23.4 Å². The summed E-state index contributed by atoms with van der Waals surface area (Å²) in [4.78, 5) is 39.1. The fourth-order valence-corrected chi connectivity index (χ4v) is 4.34. The second kappa shape index (κ2) is 9.09. The van der Waals surface area contributed by atoms with E-state index in [1.807, 2.05) is 0 Å². The van der Waals surface area contributed by atoms with Gasteiger partial charge in [-0.15, -0.1) is 0 Å². The third kappa shape index (κ3) is 4.91. The summed E-state index contributed by atoms with van der Waals surface area (Å²) >= 11 is 0. The van der Waals surface area contributed by atoms with Crippen molar-refractivity contribution in [3.05, 3.63) is 65.2 Å². The second-order valence-corrected chi connectivity index (χ2v) is 8.59. The summed E-state index contributed by atoms with van der Waals surface area (Å²) in [6.45, 7) is 0.334. The van der Waals surface area contributed by atoms with E-state index in [0.717, 1.165) is 12.1 Å². The van der Waals surface area contributed by atoms with E-state index in [-0.39, 0.29) is 50.2 Å². The fourth-order valence-electron chi connectivity index (χ4n) is 4.34. The van der Waals surface area contributed by atoms with Crippen molar-refractivity contribution in [2.75, 3.05) is 18.4 Å². The quantitative estimate of drug-likeness (QED) is 0.633. The van der Waals surface area contributed by atoms with Crippen LogP contribution in [0.3, 0.4) is 0 Å². The molecule has 34 heavy (non-hydrogen) atoms. The molecule has 1 fully saturated rings. The number of halogens is 3. The lowest BCUT2D eigenvalue weighted by Crippen LogP contribution is -2.46. The standard InChI is InChI=1S/C24H24F3N3O4/c25-24(26,27)16-5-3-4-15(14-16)23(34)10-12-30(13-11-23)20(31)9-8-19-22(33)28-18-7-2-1-6-17(18)21(32)29-19/h1-7,14,19,34H,8-13H2,(H,28,33)(H,29,32)/t19-/m0/s1. The summed E-state index contributed by atoms with van der Waals surface area (Å²) in [6.07, 6.45) is -4.23. The topological polar surface area (TPSA) is 98.7 Å². The number of carbonyl (C=O) groups excluding carboxylic acids is 3. The molecule has 2 aliphatic rings. The highest BCUT2D eigenvalue weighted by Crippen LogP contribution is 2.37. The molecule has 0 aromatic heterocycles. The third-order valence-corrected chi connectivity index (χ3v) is 6.37. The molecule has 0 spiro atoms. The van der Waals surface area contributed by atoms with E-state index in [2.05, 4.69) is 10.6 Å². The lowest BCUT2D eigenvalue weighted by Gasteiger charge is -2.39. The molecule has 2 aromatic carbocycles. The van der Waals surface area contributed by atoms with Gasteiger partial charge in [0.15, 0.2) is 0 Å². The molecule has 2 aromatic rings. The first-order chi connectivity index (χ1) is 16.1. The number of hydrogen-bond acceptors (Lipinski definition) is 4. The Kier molecular flexibility index (Phi) is 6.35. The molecule has 2 aliphatic heterocycles. The number of alkyl halides is 3. The van der Waals surface area contributed by atoms with E-state index in [1.54, 1.807) is 24.3 Å². The van der Waals surface area contributed by atoms with Crippen molar-refractivity contribution in [3.8, 4) is 0 Å². The zero-order valence-electron chi connectivity index (χ0n) is 18.2. The molecule has 0 bridgehead atoms. The monoisotopic (exact) mass is 475 g/mol. The predicted octanol–water partition coefficient (Wildman–Crippen LogP) is 3.05. The van der Waals surface area contributed by atoms with Crippen molar-refractivity contribution in [1.82, 2.24) is 10.2 Å². The Morgan fingerprint density at radius 3 is 2.50 bits per heavy atom. The number of benzene rings is 2. The van der Waals surface area contributed by atoms with Crippen LogP contribution < -0.4 is 10.6 Å². The number of nitrogens with one attached hydrogen (secondary N) is 2. The summed E-state index contributed by atoms with van der Waals surface area (Å²) in [5, 5.41) is 16.3. The SMILES string of the molecule is O=C1N[C@@H](CCC(=O)N2CCC(O)(c3cccc(C(F)(F)F)c3)CC2)C(=O)Nc2ccccc21. The van der Waals surface area contributed by atoms with Gasteiger partial charge in [0.2, 0.25) is 11.8 Å².